The second kappa shape index (κ2) is 3.63. The van der Waals surface area contributed by atoms with Crippen LogP contribution < -0.4 is 0 Å². The monoisotopic (exact) mass is 230 g/mol. The van der Waals surface area contributed by atoms with Gasteiger partial charge in [-0.2, -0.15) is 0 Å². The lowest BCUT2D eigenvalue weighted by Gasteiger charge is -2.18. The van der Waals surface area contributed by atoms with Gasteiger partial charge >= 0.3 is 0 Å². The van der Waals surface area contributed by atoms with E-state index in [0.717, 1.165) is 0 Å². The molecule has 0 rings (SSSR count). The molecule has 0 fully saturated rings. The van der Waals surface area contributed by atoms with Crippen LogP contribution in [-0.4, -0.2) is 18.3 Å². The normalized spacial score (nSPS) is 12.0. The first kappa shape index (κ1) is 8.65. The third-order valence-electron chi connectivity index (χ3n) is 0.873. The molecule has 0 bridgehead atoms. The van der Waals surface area contributed by atoms with Gasteiger partial charge in [-0.05, 0) is 0 Å². The van der Waals surface area contributed by atoms with Gasteiger partial charge in [0.05, 0.1) is 13.2 Å². The molecule has 50 valence electrons. The molecule has 0 saturated heterocycles. The lowest BCUT2D eigenvalue weighted by molar-refractivity contribution is 0.118. The highest BCUT2D eigenvalue weighted by Crippen LogP contribution is 2.14. The van der Waals surface area contributed by atoms with E-state index in [0.29, 0.717) is 6.61 Å². The van der Waals surface area contributed by atoms with Crippen LogP contribution in [-0.2, 0) is 3.07 Å². The predicted molar refractivity (Wildman–Crippen MR) is 40.8 cm³/mol. The summed E-state index contributed by atoms with van der Waals surface area (Å²) in [4.78, 5) is 0. The maximum absolute atomic E-state index is 8.64. The second-order valence-corrected chi connectivity index (χ2v) is 3.20. The Labute approximate surface area is 63.9 Å². The zero-order valence-electron chi connectivity index (χ0n) is 5.15. The second-order valence-electron chi connectivity index (χ2n) is 2.58. The maximum atomic E-state index is 8.64. The fourth-order valence-electron chi connectivity index (χ4n) is 0.193. The van der Waals surface area contributed by atoms with Crippen molar-refractivity contribution in [1.29, 1.82) is 0 Å². The Hall–Kier alpha value is 0.650. The number of hydrogen-bond acceptors (Lipinski definition) is 2. The Morgan fingerprint density at radius 1 is 1.62 bits per heavy atom. The predicted octanol–water partition coefficient (Wildman–Crippen LogP) is 1.37. The summed E-state index contributed by atoms with van der Waals surface area (Å²) in [6, 6.07) is 0. The largest absolute Gasteiger partial charge is 0.396 e. The van der Waals surface area contributed by atoms with Crippen molar-refractivity contribution >= 4 is 23.0 Å². The van der Waals surface area contributed by atoms with E-state index in [2.05, 4.69) is 0 Å². The van der Waals surface area contributed by atoms with Crippen LogP contribution >= 0.6 is 23.0 Å². The first-order chi connectivity index (χ1) is 3.62. The van der Waals surface area contributed by atoms with E-state index in [1.807, 2.05) is 36.9 Å². The fraction of sp³-hybridized carbons (Fsp3) is 1.00. The van der Waals surface area contributed by atoms with Gasteiger partial charge in [0.2, 0.25) is 0 Å². The van der Waals surface area contributed by atoms with Crippen LogP contribution in [0.1, 0.15) is 13.8 Å². The molecule has 0 atom stereocenters. The summed E-state index contributed by atoms with van der Waals surface area (Å²) in [7, 11) is 0. The zero-order valence-corrected chi connectivity index (χ0v) is 7.31. The van der Waals surface area contributed by atoms with E-state index in [-0.39, 0.29) is 12.0 Å². The molecule has 0 aromatic heterocycles. The SMILES string of the molecule is CC(C)(CO)COI. The van der Waals surface area contributed by atoms with Crippen LogP contribution in [0.2, 0.25) is 0 Å². The van der Waals surface area contributed by atoms with Crippen molar-refractivity contribution in [3.05, 3.63) is 0 Å². The van der Waals surface area contributed by atoms with Gasteiger partial charge in [-0.3, -0.25) is 0 Å². The summed E-state index contributed by atoms with van der Waals surface area (Å²) in [6.45, 7) is 4.68. The summed E-state index contributed by atoms with van der Waals surface area (Å²) >= 11 is 1.82. The van der Waals surface area contributed by atoms with E-state index >= 15 is 0 Å². The van der Waals surface area contributed by atoms with Crippen molar-refractivity contribution in [2.24, 2.45) is 5.41 Å². The van der Waals surface area contributed by atoms with Crippen LogP contribution in [0, 0.1) is 5.41 Å². The lowest BCUT2D eigenvalue weighted by atomic mass is 9.97. The average molecular weight is 230 g/mol. The number of aliphatic hydroxyl groups excluding tert-OH is 1. The number of halogens is 1. The van der Waals surface area contributed by atoms with Gasteiger partial charge in [0.1, 0.15) is 23.0 Å². The van der Waals surface area contributed by atoms with Crippen molar-refractivity contribution in [3.8, 4) is 0 Å². The zero-order chi connectivity index (χ0) is 6.62. The van der Waals surface area contributed by atoms with Gasteiger partial charge in [-0.25, -0.2) is 0 Å². The molecule has 8 heavy (non-hydrogen) atoms. The molecule has 0 unspecified atom stereocenters. The summed E-state index contributed by atoms with van der Waals surface area (Å²) in [5, 5.41) is 8.64. The van der Waals surface area contributed by atoms with Crippen molar-refractivity contribution in [2.45, 2.75) is 13.8 Å². The molecule has 2 nitrogen and oxygen atoms in total. The summed E-state index contributed by atoms with van der Waals surface area (Å²) in [5.41, 5.74) is -0.0822. The van der Waals surface area contributed by atoms with Gasteiger partial charge in [-0.15, -0.1) is 0 Å². The lowest BCUT2D eigenvalue weighted by Crippen LogP contribution is -2.21. The number of hydrogen-bond donors (Lipinski definition) is 1. The van der Waals surface area contributed by atoms with E-state index in [9.17, 15) is 0 Å². The molecule has 0 aromatic rings. The van der Waals surface area contributed by atoms with Gasteiger partial charge < -0.3 is 8.17 Å². The fourth-order valence-corrected chi connectivity index (χ4v) is 1.04. The Kier molecular flexibility index (Phi) is 3.93. The molecule has 0 aliphatic carbocycles. The molecule has 3 heteroatoms. The molecule has 0 heterocycles. The molecule has 1 N–H and O–H groups in total. The van der Waals surface area contributed by atoms with Gasteiger partial charge in [-0.1, -0.05) is 13.8 Å². The summed E-state index contributed by atoms with van der Waals surface area (Å²) in [5.74, 6) is 0. The third-order valence-corrected chi connectivity index (χ3v) is 1.18. The van der Waals surface area contributed by atoms with E-state index in [1.54, 1.807) is 0 Å². The quantitative estimate of drug-likeness (QED) is 0.742. The van der Waals surface area contributed by atoms with Crippen LogP contribution in [0.4, 0.5) is 0 Å². The number of aliphatic hydroxyl groups is 1. The standard InChI is InChI=1S/C5H11IO2/c1-5(2,3-7)4-8-6/h7H,3-4H2,1-2H3. The Bertz CT molecular complexity index is 63.4. The molecule has 0 amide bonds. The maximum Gasteiger partial charge on any atom is 0.109 e. The highest BCUT2D eigenvalue weighted by atomic mass is 127. The molecule has 0 aliphatic rings. The van der Waals surface area contributed by atoms with Crippen LogP contribution in [0.3, 0.4) is 0 Å². The Morgan fingerprint density at radius 2 is 2.12 bits per heavy atom. The molecule has 0 saturated carbocycles. The van der Waals surface area contributed by atoms with E-state index in [1.165, 1.54) is 0 Å². The smallest absolute Gasteiger partial charge is 0.109 e. The first-order valence-corrected chi connectivity index (χ1v) is 3.35. The average Bonchev–Trinajstić information content (AvgIpc) is 1.67. The van der Waals surface area contributed by atoms with Crippen LogP contribution in [0.15, 0.2) is 0 Å². The minimum absolute atomic E-state index is 0.0822. The van der Waals surface area contributed by atoms with Gasteiger partial charge in [0, 0.05) is 5.41 Å². The highest BCUT2D eigenvalue weighted by molar-refractivity contribution is 14.1. The van der Waals surface area contributed by atoms with Crippen molar-refractivity contribution in [1.82, 2.24) is 0 Å². The third kappa shape index (κ3) is 3.63. The molecule has 0 aromatic carbocycles. The molecule has 0 radical (unpaired) electrons. The Morgan fingerprint density at radius 3 is 2.25 bits per heavy atom. The first-order valence-electron chi connectivity index (χ1n) is 2.47. The molecule has 0 aliphatic heterocycles. The van der Waals surface area contributed by atoms with Crippen LogP contribution in [0.5, 0.6) is 0 Å². The van der Waals surface area contributed by atoms with Crippen LogP contribution in [0.25, 0.3) is 0 Å². The minimum Gasteiger partial charge on any atom is -0.396 e. The molecular formula is C5H11IO2. The Balaban J connectivity index is 3.37. The summed E-state index contributed by atoms with van der Waals surface area (Å²) in [6.07, 6.45) is 0. The molecular weight excluding hydrogens is 219 g/mol. The minimum atomic E-state index is -0.0822. The van der Waals surface area contributed by atoms with Gasteiger partial charge in [0.25, 0.3) is 0 Å². The topological polar surface area (TPSA) is 29.5 Å². The summed E-state index contributed by atoms with van der Waals surface area (Å²) < 4.78 is 4.81. The highest BCUT2D eigenvalue weighted by Gasteiger charge is 2.15. The van der Waals surface area contributed by atoms with Gasteiger partial charge in [0.15, 0.2) is 0 Å². The van der Waals surface area contributed by atoms with Crippen molar-refractivity contribution in [2.75, 3.05) is 13.2 Å². The van der Waals surface area contributed by atoms with Crippen molar-refractivity contribution < 1.29 is 8.17 Å². The van der Waals surface area contributed by atoms with Crippen molar-refractivity contribution in [3.63, 3.8) is 0 Å². The van der Waals surface area contributed by atoms with E-state index < -0.39 is 0 Å². The van der Waals surface area contributed by atoms with E-state index in [4.69, 9.17) is 8.17 Å². The molecule has 0 spiro atoms. The number of rotatable bonds is 3.